The summed E-state index contributed by atoms with van der Waals surface area (Å²) in [6, 6.07) is 88.2. The zero-order chi connectivity index (χ0) is 48.9. The van der Waals surface area contributed by atoms with Crippen LogP contribution in [0.15, 0.2) is 237 Å². The van der Waals surface area contributed by atoms with Crippen molar-refractivity contribution in [2.45, 2.75) is 0 Å². The number of benzene rings is 10. The van der Waals surface area contributed by atoms with E-state index in [1.54, 1.807) is 0 Å². The number of imidazole rings is 1. The molecule has 15 aromatic rings. The molecule has 0 bridgehead atoms. The molecule has 15 rings (SSSR count). The molecule has 10 aromatic carbocycles. The van der Waals surface area contributed by atoms with Gasteiger partial charge in [0.1, 0.15) is 5.82 Å². The van der Waals surface area contributed by atoms with Gasteiger partial charge in [-0.2, -0.15) is 18.2 Å². The predicted molar refractivity (Wildman–Crippen MR) is 299 cm³/mol. The average molecular weight is 1140 g/mol. The van der Waals surface area contributed by atoms with E-state index >= 15 is 0 Å². The van der Waals surface area contributed by atoms with Gasteiger partial charge in [0.2, 0.25) is 0 Å². The van der Waals surface area contributed by atoms with Crippen LogP contribution in [0.1, 0.15) is 0 Å². The number of para-hydroxylation sites is 6. The Labute approximate surface area is 446 Å². The molecule has 0 saturated heterocycles. The van der Waals surface area contributed by atoms with Crippen molar-refractivity contribution in [3.63, 3.8) is 0 Å². The predicted octanol–water partition coefficient (Wildman–Crippen LogP) is 15.7. The number of aromatic nitrogens is 6. The van der Waals surface area contributed by atoms with Crippen LogP contribution in [0, 0.1) is 18.5 Å². The van der Waals surface area contributed by atoms with Crippen LogP contribution < -0.4 is 9.30 Å². The summed E-state index contributed by atoms with van der Waals surface area (Å²) in [4.78, 5) is 5.04. The first-order chi connectivity index (χ1) is 36.7. The van der Waals surface area contributed by atoms with Crippen LogP contribution in [0.5, 0.6) is 11.5 Å². The van der Waals surface area contributed by atoms with Crippen molar-refractivity contribution in [2.24, 2.45) is 7.05 Å². The molecule has 358 valence electrons. The second kappa shape index (κ2) is 17.7. The average Bonchev–Trinajstić information content (AvgIpc) is 4.20. The summed E-state index contributed by atoms with van der Waals surface area (Å²) in [7, 11) is 2.19. The summed E-state index contributed by atoms with van der Waals surface area (Å²) in [5.41, 5.74) is 15.8. The first-order valence-electron chi connectivity index (χ1n) is 24.9. The van der Waals surface area contributed by atoms with E-state index in [4.69, 9.17) is 9.72 Å². The molecular weight excluding hydrogens is 1100 g/mol. The summed E-state index contributed by atoms with van der Waals surface area (Å²) in [5, 5.41) is 6.97. The van der Waals surface area contributed by atoms with E-state index in [9.17, 15) is 0 Å². The maximum absolute atomic E-state index is 6.89. The van der Waals surface area contributed by atoms with Crippen molar-refractivity contribution in [3.05, 3.63) is 255 Å². The minimum Gasteiger partial charge on any atom is -0.510 e. The molecule has 8 heteroatoms. The number of rotatable bonds is 8. The Morgan fingerprint density at radius 1 is 0.453 bits per heavy atom. The van der Waals surface area contributed by atoms with Crippen molar-refractivity contribution in [1.82, 2.24) is 23.3 Å². The fourth-order valence-electron chi connectivity index (χ4n) is 11.6. The van der Waals surface area contributed by atoms with Crippen LogP contribution in [0.4, 0.5) is 0 Å². The van der Waals surface area contributed by atoms with Gasteiger partial charge in [-0.05, 0) is 69.7 Å². The van der Waals surface area contributed by atoms with Crippen molar-refractivity contribution < 1.29 is 30.4 Å². The molecule has 0 fully saturated rings. The summed E-state index contributed by atoms with van der Waals surface area (Å²) in [5.74, 6) is 1.89. The molecule has 0 aliphatic rings. The largest absolute Gasteiger partial charge is 0.510 e. The van der Waals surface area contributed by atoms with Gasteiger partial charge in [0.25, 0.3) is 6.33 Å². The Morgan fingerprint density at radius 3 is 1.77 bits per heavy atom. The van der Waals surface area contributed by atoms with Crippen LogP contribution in [0.3, 0.4) is 0 Å². The summed E-state index contributed by atoms with van der Waals surface area (Å²) < 4.78 is 18.2. The van der Waals surface area contributed by atoms with Crippen LogP contribution in [0.2, 0.25) is 0 Å². The standard InChI is InChI=1S/C67H42N6O.Pt/c1-69-55-33-13-11-29-52(55)62-61-53-30-12-14-34-56(53)72(46-25-9-4-10-26-46)65(61)63-54-39-38-49(42-59(54)73(67(63)66(62)69)60-37-17-18-40-68-60)74-48-28-19-27-47(41-48)70-43-71(58-36-16-15-35-57(58)70)64-50(44-21-5-2-6-22-44)31-20-32-51(64)45-23-7-3-8-24-45;/h2-40H,1H3;/q-2;. The van der Waals surface area contributed by atoms with Gasteiger partial charge in [0.15, 0.2) is 0 Å². The van der Waals surface area contributed by atoms with Crippen molar-refractivity contribution in [3.8, 4) is 56.6 Å². The number of hydrogen-bond acceptors (Lipinski definition) is 2. The van der Waals surface area contributed by atoms with Gasteiger partial charge in [-0.1, -0.05) is 175 Å². The number of pyridine rings is 1. The molecule has 0 amide bonds. The molecule has 0 aliphatic heterocycles. The zero-order valence-corrected chi connectivity index (χ0v) is 42.7. The Bertz CT molecular complexity index is 4630. The van der Waals surface area contributed by atoms with Crippen LogP contribution >= 0.6 is 0 Å². The van der Waals surface area contributed by atoms with Crippen molar-refractivity contribution in [2.75, 3.05) is 0 Å². The van der Waals surface area contributed by atoms with Gasteiger partial charge >= 0.3 is 0 Å². The number of hydrogen-bond donors (Lipinski definition) is 0. The number of aryl methyl sites for hydroxylation is 1. The number of ether oxygens (including phenoxy) is 1. The van der Waals surface area contributed by atoms with E-state index in [2.05, 4.69) is 249 Å². The molecule has 5 aromatic heterocycles. The fourth-order valence-corrected chi connectivity index (χ4v) is 11.6. The minimum absolute atomic E-state index is 0. The second-order valence-electron chi connectivity index (χ2n) is 18.7. The normalized spacial score (nSPS) is 11.7. The first-order valence-corrected chi connectivity index (χ1v) is 24.9. The minimum atomic E-state index is 0. The maximum Gasteiger partial charge on any atom is 0.268 e. The zero-order valence-electron chi connectivity index (χ0n) is 40.4. The molecule has 0 atom stereocenters. The SMILES string of the molecule is Cn1c2ccccc2c2c3c4ccccc4n(-c4ccccc4)c3c3c4ccc(Oc5[c-]c(-[n+]6[c-]n(-c7c(-c8ccccc8)cccc7-c7ccccc7)c7ccccc76)ccc5)[c-]c4n(-c4ccccn4)c3c21.[Pt]. The molecule has 5 heterocycles. The molecule has 0 radical (unpaired) electrons. The molecule has 0 spiro atoms. The summed E-state index contributed by atoms with van der Waals surface area (Å²) >= 11 is 0. The fraction of sp³-hybridized carbons (Fsp3) is 0.0149. The van der Waals surface area contributed by atoms with Crippen molar-refractivity contribution in [1.29, 1.82) is 0 Å². The number of fused-ring (bicyclic) bond motifs is 13. The van der Waals surface area contributed by atoms with Gasteiger partial charge in [-0.25, -0.2) is 4.98 Å². The van der Waals surface area contributed by atoms with E-state index in [0.717, 1.165) is 100 Å². The molecule has 0 unspecified atom stereocenters. The van der Waals surface area contributed by atoms with Crippen LogP contribution in [-0.2, 0) is 28.1 Å². The third-order valence-electron chi connectivity index (χ3n) is 14.6. The third kappa shape index (κ3) is 6.85. The summed E-state index contributed by atoms with van der Waals surface area (Å²) in [6.45, 7) is 0. The van der Waals surface area contributed by atoms with E-state index < -0.39 is 0 Å². The van der Waals surface area contributed by atoms with Crippen LogP contribution in [0.25, 0.3) is 122 Å². The maximum atomic E-state index is 6.89. The molecular formula is C67H42N6OPt-2. The second-order valence-corrected chi connectivity index (χ2v) is 18.7. The third-order valence-corrected chi connectivity index (χ3v) is 14.6. The van der Waals surface area contributed by atoms with E-state index in [1.807, 2.05) is 36.5 Å². The van der Waals surface area contributed by atoms with Crippen molar-refractivity contribution >= 4 is 76.5 Å². The van der Waals surface area contributed by atoms with Gasteiger partial charge in [0, 0.05) is 78.6 Å². The molecule has 75 heavy (non-hydrogen) atoms. The Balaban J connectivity index is 0.00000516. The molecule has 0 saturated carbocycles. The van der Waals surface area contributed by atoms with E-state index in [-0.39, 0.29) is 21.1 Å². The monoisotopic (exact) mass is 1140 g/mol. The smallest absolute Gasteiger partial charge is 0.268 e. The molecule has 0 aliphatic carbocycles. The molecule has 7 nitrogen and oxygen atoms in total. The van der Waals surface area contributed by atoms with E-state index in [1.165, 1.54) is 21.5 Å². The van der Waals surface area contributed by atoms with Gasteiger partial charge in [-0.3, -0.25) is 4.57 Å². The Morgan fingerprint density at radius 2 is 1.05 bits per heavy atom. The number of nitrogens with zero attached hydrogens (tertiary/aromatic N) is 6. The van der Waals surface area contributed by atoms with Gasteiger partial charge in [-0.15, -0.1) is 24.3 Å². The first kappa shape index (κ1) is 44.4. The quantitative estimate of drug-likeness (QED) is 0.112. The van der Waals surface area contributed by atoms with Gasteiger partial charge in [0.05, 0.1) is 38.8 Å². The summed E-state index contributed by atoms with van der Waals surface area (Å²) in [6.07, 6.45) is 5.65. The van der Waals surface area contributed by atoms with Gasteiger partial charge < -0.3 is 23.0 Å². The Hall–Kier alpha value is -9.29. The van der Waals surface area contributed by atoms with Crippen LogP contribution in [-0.4, -0.2) is 23.3 Å². The topological polar surface area (TPSA) is 45.7 Å². The molecule has 0 N–H and O–H groups in total. The van der Waals surface area contributed by atoms with E-state index in [0.29, 0.717) is 11.5 Å². The Kier molecular flexibility index (Phi) is 10.5.